The van der Waals surface area contributed by atoms with Gasteiger partial charge in [0.05, 0.1) is 16.1 Å². The highest BCUT2D eigenvalue weighted by Gasteiger charge is 2.48. The number of halogens is 3. The fraction of sp³-hybridized carbons (Fsp3) is 0.0769. The molecule has 22 heavy (non-hydrogen) atoms. The van der Waals surface area contributed by atoms with Gasteiger partial charge in [0.15, 0.2) is 0 Å². The third kappa shape index (κ3) is 2.60. The molecule has 0 saturated carbocycles. The first-order chi connectivity index (χ1) is 10.2. The number of carbonyl (C=O) groups is 2. The average molecular weight is 331 g/mol. The van der Waals surface area contributed by atoms with Gasteiger partial charge in [-0.15, -0.1) is 11.1 Å². The van der Waals surface area contributed by atoms with Gasteiger partial charge >= 0.3 is 6.18 Å². The summed E-state index contributed by atoms with van der Waals surface area (Å²) in [6, 6.07) is 7.47. The quantitative estimate of drug-likeness (QED) is 0.622. The Balaban J connectivity index is 2.82. The van der Waals surface area contributed by atoms with Gasteiger partial charge in [0.25, 0.3) is 11.8 Å². The lowest BCUT2D eigenvalue weighted by molar-refractivity contribution is -0.118. The number of primary amides is 2. The van der Waals surface area contributed by atoms with Crippen molar-refractivity contribution < 1.29 is 22.8 Å². The number of thiol groups is 1. The van der Waals surface area contributed by atoms with Crippen LogP contribution in [0.3, 0.4) is 0 Å². The van der Waals surface area contributed by atoms with E-state index in [0.717, 1.165) is 0 Å². The van der Waals surface area contributed by atoms with Crippen LogP contribution in [0, 0.1) is 0 Å². The molecule has 1 aromatic rings. The lowest BCUT2D eigenvalue weighted by atomic mass is 10.0. The highest BCUT2D eigenvalue weighted by molar-refractivity contribution is 8.27. The molecule has 1 unspecified atom stereocenters. The Bertz CT molecular complexity index is 711. The molecule has 0 aliphatic carbocycles. The van der Waals surface area contributed by atoms with Crippen molar-refractivity contribution >= 4 is 27.8 Å². The van der Waals surface area contributed by atoms with Gasteiger partial charge in [-0.3, -0.25) is 14.7 Å². The van der Waals surface area contributed by atoms with E-state index in [1.807, 2.05) is 0 Å². The van der Waals surface area contributed by atoms with Gasteiger partial charge in [0.1, 0.15) is 0 Å². The number of benzene rings is 1. The van der Waals surface area contributed by atoms with Crippen molar-refractivity contribution in [2.75, 3.05) is 0 Å². The van der Waals surface area contributed by atoms with E-state index in [4.69, 9.17) is 16.6 Å². The molecular formula is C13H12F3N3O2S. The third-order valence-corrected chi connectivity index (χ3v) is 4.91. The summed E-state index contributed by atoms with van der Waals surface area (Å²) >= 11 is -2.22. The molecule has 0 bridgehead atoms. The largest absolute Gasteiger partial charge is 0.418 e. The SMILES string of the molecule is NC(=O)C1=C(C(N)=O)[SH](N)C(c2ccccc2)=C1C(F)(F)F. The number of rotatable bonds is 3. The number of amides is 2. The highest BCUT2D eigenvalue weighted by atomic mass is 32.2. The molecule has 0 spiro atoms. The van der Waals surface area contributed by atoms with Crippen molar-refractivity contribution in [3.05, 3.63) is 51.9 Å². The summed E-state index contributed by atoms with van der Waals surface area (Å²) in [5.74, 6) is -2.57. The van der Waals surface area contributed by atoms with Crippen LogP contribution in [0.4, 0.5) is 13.2 Å². The van der Waals surface area contributed by atoms with E-state index < -0.39 is 45.1 Å². The maximum atomic E-state index is 13.4. The van der Waals surface area contributed by atoms with E-state index in [0.29, 0.717) is 0 Å². The minimum absolute atomic E-state index is 0.165. The molecule has 118 valence electrons. The molecule has 1 aliphatic heterocycles. The van der Waals surface area contributed by atoms with Gasteiger partial charge in [-0.05, 0) is 5.56 Å². The molecule has 0 aromatic heterocycles. The first-order valence-corrected chi connectivity index (χ1v) is 7.33. The molecule has 0 saturated heterocycles. The number of carbonyl (C=O) groups excluding carboxylic acids is 2. The minimum atomic E-state index is -4.90. The van der Waals surface area contributed by atoms with Crippen LogP contribution >= 0.6 is 11.1 Å². The Morgan fingerprint density at radius 1 is 1.00 bits per heavy atom. The zero-order chi connectivity index (χ0) is 16.7. The Morgan fingerprint density at radius 3 is 1.95 bits per heavy atom. The topological polar surface area (TPSA) is 112 Å². The van der Waals surface area contributed by atoms with Crippen LogP contribution < -0.4 is 16.6 Å². The number of alkyl halides is 3. The lowest BCUT2D eigenvalue weighted by Gasteiger charge is -2.18. The normalized spacial score (nSPS) is 20.5. The second-order valence-corrected chi connectivity index (χ2v) is 6.04. The van der Waals surface area contributed by atoms with E-state index in [1.54, 1.807) is 6.07 Å². The summed E-state index contributed by atoms with van der Waals surface area (Å²) in [7, 11) is 0. The lowest BCUT2D eigenvalue weighted by Crippen LogP contribution is -2.26. The zero-order valence-corrected chi connectivity index (χ0v) is 11.9. The molecule has 1 aromatic carbocycles. The second kappa shape index (κ2) is 5.50. The summed E-state index contributed by atoms with van der Waals surface area (Å²) < 4.78 is 40.3. The van der Waals surface area contributed by atoms with Crippen LogP contribution in [0.25, 0.3) is 4.91 Å². The van der Waals surface area contributed by atoms with Crippen molar-refractivity contribution in [3.63, 3.8) is 0 Å². The summed E-state index contributed by atoms with van der Waals surface area (Å²) in [6.07, 6.45) is -4.90. The highest BCUT2D eigenvalue weighted by Crippen LogP contribution is 2.57. The van der Waals surface area contributed by atoms with E-state index >= 15 is 0 Å². The summed E-state index contributed by atoms with van der Waals surface area (Å²) in [6.45, 7) is 0. The Morgan fingerprint density at radius 2 is 1.55 bits per heavy atom. The van der Waals surface area contributed by atoms with Crippen molar-refractivity contribution in [1.29, 1.82) is 0 Å². The van der Waals surface area contributed by atoms with Crippen molar-refractivity contribution in [3.8, 4) is 0 Å². The van der Waals surface area contributed by atoms with E-state index in [9.17, 15) is 22.8 Å². The monoisotopic (exact) mass is 331 g/mol. The molecule has 1 atom stereocenters. The van der Waals surface area contributed by atoms with E-state index in [1.165, 1.54) is 24.3 Å². The molecule has 0 radical (unpaired) electrons. The molecule has 6 N–H and O–H groups in total. The summed E-state index contributed by atoms with van der Waals surface area (Å²) in [4.78, 5) is 22.1. The molecule has 2 amide bonds. The van der Waals surface area contributed by atoms with Gasteiger partial charge < -0.3 is 11.5 Å². The van der Waals surface area contributed by atoms with Crippen LogP contribution in [0.1, 0.15) is 5.56 Å². The van der Waals surface area contributed by atoms with Crippen molar-refractivity contribution in [2.24, 2.45) is 16.6 Å². The van der Waals surface area contributed by atoms with Crippen molar-refractivity contribution in [1.82, 2.24) is 0 Å². The van der Waals surface area contributed by atoms with Crippen LogP contribution in [0.15, 0.2) is 46.4 Å². The Kier molecular flexibility index (Phi) is 4.03. The van der Waals surface area contributed by atoms with Crippen LogP contribution in [0.5, 0.6) is 0 Å². The van der Waals surface area contributed by atoms with Crippen LogP contribution in [-0.2, 0) is 9.59 Å². The molecule has 5 nitrogen and oxygen atoms in total. The third-order valence-electron chi connectivity index (χ3n) is 3.02. The molecule has 1 aliphatic rings. The van der Waals surface area contributed by atoms with Gasteiger partial charge in [0, 0.05) is 4.91 Å². The van der Waals surface area contributed by atoms with Gasteiger partial charge in [-0.2, -0.15) is 13.2 Å². The minimum Gasteiger partial charge on any atom is -0.366 e. The maximum absolute atomic E-state index is 13.4. The van der Waals surface area contributed by atoms with Gasteiger partial charge in [-0.1, -0.05) is 30.3 Å². The predicted octanol–water partition coefficient (Wildman–Crippen LogP) is 1.07. The second-order valence-electron chi connectivity index (χ2n) is 4.41. The van der Waals surface area contributed by atoms with Gasteiger partial charge in [0.2, 0.25) is 0 Å². The average Bonchev–Trinajstić information content (AvgIpc) is 2.73. The van der Waals surface area contributed by atoms with Gasteiger partial charge in [-0.25, -0.2) is 0 Å². The summed E-state index contributed by atoms with van der Waals surface area (Å²) in [5.41, 5.74) is 8.08. The molecule has 9 heteroatoms. The number of hydrogen-bond donors (Lipinski definition) is 4. The molecule has 1 heterocycles. The first kappa shape index (κ1) is 16.1. The Labute approximate surface area is 126 Å². The van der Waals surface area contributed by atoms with E-state index in [2.05, 4.69) is 0 Å². The maximum Gasteiger partial charge on any atom is 0.418 e. The van der Waals surface area contributed by atoms with Crippen LogP contribution in [0.2, 0.25) is 0 Å². The fourth-order valence-corrected chi connectivity index (χ4v) is 4.06. The standard InChI is InChI=1S/C13H12F3N3O2S/c14-13(15,16)8-7(11(17)20)10(12(18)21)22(19)9(8)6-4-2-1-3-5-6/h1-5,22H,19H2,(H2,17,20)(H2,18,21). The van der Waals surface area contributed by atoms with Crippen LogP contribution in [-0.4, -0.2) is 18.0 Å². The number of nitrogens with two attached hydrogens (primary N) is 3. The summed E-state index contributed by atoms with van der Waals surface area (Å²) in [5, 5.41) is 5.81. The predicted molar refractivity (Wildman–Crippen MR) is 78.0 cm³/mol. The Hall–Kier alpha value is -2.26. The molecule has 0 fully saturated rings. The van der Waals surface area contributed by atoms with Crippen molar-refractivity contribution in [2.45, 2.75) is 6.18 Å². The zero-order valence-electron chi connectivity index (χ0n) is 11.0. The number of hydrogen-bond acceptors (Lipinski definition) is 3. The fourth-order valence-electron chi connectivity index (χ4n) is 2.23. The van der Waals surface area contributed by atoms with E-state index in [-0.39, 0.29) is 10.5 Å². The first-order valence-electron chi connectivity index (χ1n) is 5.92. The smallest absolute Gasteiger partial charge is 0.366 e. The molecular weight excluding hydrogens is 319 g/mol. The molecule has 2 rings (SSSR count).